The Morgan fingerprint density at radius 2 is 0.759 bits per heavy atom. The highest BCUT2D eigenvalue weighted by Crippen LogP contribution is 2.61. The van der Waals surface area contributed by atoms with E-state index >= 15 is 0 Å². The maximum atomic E-state index is 2.52. The predicted molar refractivity (Wildman–Crippen MR) is 331 cm³/mol. The van der Waals surface area contributed by atoms with Gasteiger partial charge in [0.25, 0.3) is 0 Å². The molecule has 0 radical (unpaired) electrons. The van der Waals surface area contributed by atoms with E-state index in [1.807, 2.05) is 0 Å². The molecule has 0 N–H and O–H groups in total. The Bertz CT molecular complexity index is 4720. The van der Waals surface area contributed by atoms with Crippen LogP contribution in [0, 0.1) is 0 Å². The largest absolute Gasteiger partial charge is 0.309 e. The Morgan fingerprint density at radius 1 is 0.266 bits per heavy atom. The number of hydrogen-bond donors (Lipinski definition) is 0. The summed E-state index contributed by atoms with van der Waals surface area (Å²) in [4.78, 5) is 2.47. The van der Waals surface area contributed by atoms with Crippen LogP contribution in [0.15, 0.2) is 303 Å². The molecule has 368 valence electrons. The van der Waals surface area contributed by atoms with Crippen LogP contribution in [0.1, 0.15) is 22.3 Å². The Kier molecular flexibility index (Phi) is 10.2. The Hall–Kier alpha value is -10.3. The number of benzene rings is 13. The molecule has 79 heavy (non-hydrogen) atoms. The van der Waals surface area contributed by atoms with E-state index < -0.39 is 5.41 Å². The minimum atomic E-state index is -0.517. The zero-order chi connectivity index (χ0) is 52.0. The number of anilines is 3. The molecule has 13 aromatic carbocycles. The quantitative estimate of drug-likeness (QED) is 0.147. The molecule has 16 rings (SSSR count). The highest BCUT2D eigenvalue weighted by atomic mass is 15.1. The van der Waals surface area contributed by atoms with Gasteiger partial charge < -0.3 is 9.47 Å². The summed E-state index contributed by atoms with van der Waals surface area (Å²) >= 11 is 0. The van der Waals surface area contributed by atoms with E-state index in [0.717, 1.165) is 39.3 Å². The molecule has 1 spiro atoms. The molecule has 0 saturated heterocycles. The SMILES string of the molecule is c1ccc(-c2ccc(-c3ccccc3N(c3ccc4cc(-c5ccc6c(c5)C5(c7ccccc7-6)c6ccccc6-n6c7ccccc7c7cccc5c76)ccc4c3)c3ccccc3-c3cccc(-c4ccccc4)c3)cc2)cc1. The summed E-state index contributed by atoms with van der Waals surface area (Å²) in [6, 6.07) is 112. The second-order valence-corrected chi connectivity index (χ2v) is 21.1. The van der Waals surface area contributed by atoms with E-state index in [-0.39, 0.29) is 0 Å². The van der Waals surface area contributed by atoms with Gasteiger partial charge in [0.05, 0.1) is 33.5 Å². The average Bonchev–Trinajstić information content (AvgIpc) is 3.29. The molecule has 1 atom stereocenters. The van der Waals surface area contributed by atoms with Crippen LogP contribution in [0.5, 0.6) is 0 Å². The highest BCUT2D eigenvalue weighted by molar-refractivity contribution is 6.13. The molecule has 0 bridgehead atoms. The first-order chi connectivity index (χ1) is 39.2. The lowest BCUT2D eigenvalue weighted by Gasteiger charge is -2.39. The summed E-state index contributed by atoms with van der Waals surface area (Å²) in [5, 5.41) is 4.93. The molecule has 2 heteroatoms. The van der Waals surface area contributed by atoms with E-state index in [1.54, 1.807) is 0 Å². The summed E-state index contributed by atoms with van der Waals surface area (Å²) in [6.45, 7) is 0. The van der Waals surface area contributed by atoms with Gasteiger partial charge in [-0.2, -0.15) is 0 Å². The third-order valence-corrected chi connectivity index (χ3v) is 17.0. The van der Waals surface area contributed by atoms with Gasteiger partial charge >= 0.3 is 0 Å². The molecular formula is C77H50N2. The van der Waals surface area contributed by atoms with Crippen LogP contribution < -0.4 is 4.90 Å². The van der Waals surface area contributed by atoms with Gasteiger partial charge in [-0.15, -0.1) is 0 Å². The van der Waals surface area contributed by atoms with E-state index in [1.165, 1.54) is 105 Å². The van der Waals surface area contributed by atoms with Crippen molar-refractivity contribution in [2.75, 3.05) is 4.90 Å². The first-order valence-electron chi connectivity index (χ1n) is 27.4. The smallest absolute Gasteiger partial charge is 0.0754 e. The normalized spacial score (nSPS) is 13.9. The minimum Gasteiger partial charge on any atom is -0.309 e. The molecule has 14 aromatic rings. The van der Waals surface area contributed by atoms with Gasteiger partial charge in [0.1, 0.15) is 0 Å². The molecule has 1 aliphatic carbocycles. The number of rotatable bonds is 8. The number of fused-ring (bicyclic) bond motifs is 13. The van der Waals surface area contributed by atoms with Crippen LogP contribution in [0.2, 0.25) is 0 Å². The molecular weight excluding hydrogens is 953 g/mol. The highest BCUT2D eigenvalue weighted by Gasteiger charge is 2.50. The molecule has 1 unspecified atom stereocenters. The Labute approximate surface area is 460 Å². The zero-order valence-corrected chi connectivity index (χ0v) is 43.3. The molecule has 1 aliphatic heterocycles. The van der Waals surface area contributed by atoms with Crippen molar-refractivity contribution in [2.45, 2.75) is 5.41 Å². The van der Waals surface area contributed by atoms with Crippen molar-refractivity contribution in [3.05, 3.63) is 326 Å². The van der Waals surface area contributed by atoms with Crippen molar-refractivity contribution < 1.29 is 0 Å². The first-order valence-corrected chi connectivity index (χ1v) is 27.4. The molecule has 0 amide bonds. The van der Waals surface area contributed by atoms with Crippen LogP contribution in [0.4, 0.5) is 17.1 Å². The molecule has 2 aliphatic rings. The minimum absolute atomic E-state index is 0.517. The maximum absolute atomic E-state index is 2.52. The molecule has 1 aromatic heterocycles. The van der Waals surface area contributed by atoms with Crippen molar-refractivity contribution in [1.29, 1.82) is 0 Å². The maximum Gasteiger partial charge on any atom is 0.0754 e. The number of para-hydroxylation sites is 5. The van der Waals surface area contributed by atoms with Crippen LogP contribution >= 0.6 is 0 Å². The number of hydrogen-bond acceptors (Lipinski definition) is 1. The standard InChI is InChI=1S/C77H50N2/c1-3-19-51(20-4-1)53-37-39-54(40-38-53)62-25-8-13-33-72(62)78(73-34-14-9-26-63(73)60-24-17-23-55(48-60)52-21-5-2-6-22-52)61-45-43-57-47-56(41-42-58(57)49-61)59-44-46-65-64-27-7-11-30-68(64)77(71(65)50-59)69-31-12-16-36-75(69)79-74-35-15-10-28-66(74)67-29-18-32-70(77)76(67)79/h1-50H. The number of nitrogens with zero attached hydrogens (tertiary/aromatic N) is 2. The van der Waals surface area contributed by atoms with Gasteiger partial charge in [-0.05, 0) is 143 Å². The Balaban J connectivity index is 0.846. The third kappa shape index (κ3) is 6.91. The van der Waals surface area contributed by atoms with Crippen LogP contribution in [0.3, 0.4) is 0 Å². The van der Waals surface area contributed by atoms with Crippen molar-refractivity contribution in [2.24, 2.45) is 0 Å². The molecule has 2 nitrogen and oxygen atoms in total. The van der Waals surface area contributed by atoms with Crippen molar-refractivity contribution in [3.8, 4) is 72.4 Å². The lowest BCUT2D eigenvalue weighted by molar-refractivity contribution is 0.749. The first kappa shape index (κ1) is 45.0. The summed E-state index contributed by atoms with van der Waals surface area (Å²) in [7, 11) is 0. The van der Waals surface area contributed by atoms with Crippen LogP contribution in [-0.4, -0.2) is 4.57 Å². The fourth-order valence-electron chi connectivity index (χ4n) is 13.5. The lowest BCUT2D eigenvalue weighted by Crippen LogP contribution is -2.33. The van der Waals surface area contributed by atoms with Gasteiger partial charge in [0.2, 0.25) is 0 Å². The fourth-order valence-corrected chi connectivity index (χ4v) is 13.5. The van der Waals surface area contributed by atoms with Crippen molar-refractivity contribution in [3.63, 3.8) is 0 Å². The van der Waals surface area contributed by atoms with Crippen molar-refractivity contribution in [1.82, 2.24) is 4.57 Å². The van der Waals surface area contributed by atoms with Gasteiger partial charge in [0, 0.05) is 27.6 Å². The molecule has 2 heterocycles. The van der Waals surface area contributed by atoms with Gasteiger partial charge in [-0.1, -0.05) is 249 Å². The van der Waals surface area contributed by atoms with Gasteiger partial charge in [-0.25, -0.2) is 0 Å². The van der Waals surface area contributed by atoms with E-state index in [4.69, 9.17) is 0 Å². The monoisotopic (exact) mass is 1000 g/mol. The summed E-state index contributed by atoms with van der Waals surface area (Å²) < 4.78 is 2.52. The van der Waals surface area contributed by atoms with Crippen molar-refractivity contribution >= 4 is 49.6 Å². The lowest BCUT2D eigenvalue weighted by atomic mass is 9.65. The second kappa shape index (κ2) is 17.9. The van der Waals surface area contributed by atoms with E-state index in [2.05, 4.69) is 313 Å². The van der Waals surface area contributed by atoms with Gasteiger partial charge in [0.15, 0.2) is 0 Å². The van der Waals surface area contributed by atoms with Crippen LogP contribution in [-0.2, 0) is 5.41 Å². The summed E-state index contributed by atoms with van der Waals surface area (Å²) in [5.74, 6) is 0. The summed E-state index contributed by atoms with van der Waals surface area (Å²) in [6.07, 6.45) is 0. The molecule has 0 saturated carbocycles. The third-order valence-electron chi connectivity index (χ3n) is 17.0. The summed E-state index contributed by atoms with van der Waals surface area (Å²) in [5.41, 5.74) is 26.2. The van der Waals surface area contributed by atoms with E-state index in [0.29, 0.717) is 0 Å². The van der Waals surface area contributed by atoms with E-state index in [9.17, 15) is 0 Å². The zero-order valence-electron chi connectivity index (χ0n) is 43.3. The fraction of sp³-hybridized carbons (Fsp3) is 0.0130. The number of aromatic nitrogens is 1. The topological polar surface area (TPSA) is 8.17 Å². The molecule has 0 fully saturated rings. The second-order valence-electron chi connectivity index (χ2n) is 21.1. The predicted octanol–water partition coefficient (Wildman–Crippen LogP) is 20.4. The Morgan fingerprint density at radius 3 is 1.56 bits per heavy atom. The van der Waals surface area contributed by atoms with Gasteiger partial charge in [-0.3, -0.25) is 0 Å². The average molecular weight is 1000 g/mol. The van der Waals surface area contributed by atoms with Crippen LogP contribution in [0.25, 0.3) is 105 Å².